The second-order valence-electron chi connectivity index (χ2n) is 3.53. The van der Waals surface area contributed by atoms with Gasteiger partial charge in [0.1, 0.15) is 0 Å². The summed E-state index contributed by atoms with van der Waals surface area (Å²) in [4.78, 5) is 0. The van der Waals surface area contributed by atoms with Gasteiger partial charge in [-0.05, 0) is 23.5 Å². The second kappa shape index (κ2) is 4.78. The Morgan fingerprint density at radius 1 is 1.21 bits per heavy atom. The van der Waals surface area contributed by atoms with Gasteiger partial charge in [-0.3, -0.25) is 0 Å². The normalized spacial score (nSPS) is 20.6. The third-order valence-corrected chi connectivity index (χ3v) is 3.63. The third-order valence-electron chi connectivity index (χ3n) is 2.49. The summed E-state index contributed by atoms with van der Waals surface area (Å²) in [7, 11) is 0. The summed E-state index contributed by atoms with van der Waals surface area (Å²) in [5.74, 6) is 0.739. The predicted molar refractivity (Wildman–Crippen MR) is 70.6 cm³/mol. The molecule has 0 bridgehead atoms. The topological polar surface area (TPSA) is 0 Å². The van der Waals surface area contributed by atoms with Crippen LogP contribution in [0.5, 0.6) is 0 Å². The van der Waals surface area contributed by atoms with Crippen molar-refractivity contribution in [3.63, 3.8) is 0 Å². The van der Waals surface area contributed by atoms with Crippen LogP contribution in [0.1, 0.15) is 12.0 Å². The Kier molecular flexibility index (Phi) is 3.40. The predicted octanol–water partition coefficient (Wildman–Crippen LogP) is 4.08. The lowest BCUT2D eigenvalue weighted by Crippen LogP contribution is -2.00. The van der Waals surface area contributed by atoms with E-state index in [1.165, 1.54) is 22.0 Å². The maximum atomic E-state index is 2.45. The lowest BCUT2D eigenvalue weighted by Gasteiger charge is -2.13. The van der Waals surface area contributed by atoms with Crippen molar-refractivity contribution in [1.29, 1.82) is 0 Å². The Bertz CT molecular complexity index is 349. The first-order valence-corrected chi connectivity index (χ1v) is 6.42. The van der Waals surface area contributed by atoms with Gasteiger partial charge in [0, 0.05) is 4.43 Å². The van der Waals surface area contributed by atoms with Crippen molar-refractivity contribution >= 4 is 28.2 Å². The average molecular weight is 296 g/mol. The molecule has 0 aromatic heterocycles. The molecule has 72 valence electrons. The van der Waals surface area contributed by atoms with Crippen molar-refractivity contribution in [3.05, 3.63) is 54.1 Å². The summed E-state index contributed by atoms with van der Waals surface area (Å²) >= 11 is 2.45. The minimum absolute atomic E-state index is 0.739. The van der Waals surface area contributed by atoms with Gasteiger partial charge in [-0.15, -0.1) is 0 Å². The fraction of sp³-hybridized carbons (Fsp3) is 0.231. The largest absolute Gasteiger partial charge is 0.0857 e. The molecule has 0 heterocycles. The van der Waals surface area contributed by atoms with Gasteiger partial charge in [-0.25, -0.2) is 0 Å². The third kappa shape index (κ3) is 2.27. The van der Waals surface area contributed by atoms with Crippen LogP contribution in [0.2, 0.25) is 0 Å². The first-order valence-electron chi connectivity index (χ1n) is 4.90. The molecule has 0 nitrogen and oxygen atoms in total. The Hall–Kier alpha value is -0.570. The van der Waals surface area contributed by atoms with Crippen molar-refractivity contribution < 1.29 is 0 Å². The summed E-state index contributed by atoms with van der Waals surface area (Å²) in [6, 6.07) is 10.6. The molecular weight excluding hydrogens is 283 g/mol. The molecule has 2 rings (SSSR count). The Labute approximate surface area is 98.9 Å². The van der Waals surface area contributed by atoms with E-state index in [9.17, 15) is 0 Å². The monoisotopic (exact) mass is 296 g/mol. The first kappa shape index (κ1) is 9.97. The molecule has 0 amide bonds. The molecule has 0 fully saturated rings. The number of alkyl halides is 1. The smallest absolute Gasteiger partial charge is 0.00614 e. The standard InChI is InChI=1S/C13H13I/c14-10-11-6-8-13(9-7-11)12-4-2-1-3-5-12/h1-6,8-9,11H,7,10H2. The molecule has 0 N–H and O–H groups in total. The Morgan fingerprint density at radius 3 is 2.57 bits per heavy atom. The second-order valence-corrected chi connectivity index (χ2v) is 4.42. The lowest BCUT2D eigenvalue weighted by atomic mass is 9.94. The molecule has 14 heavy (non-hydrogen) atoms. The molecule has 0 saturated heterocycles. The van der Waals surface area contributed by atoms with Gasteiger partial charge in [0.15, 0.2) is 0 Å². The summed E-state index contributed by atoms with van der Waals surface area (Å²) in [5.41, 5.74) is 2.70. The molecular formula is C13H13I. The highest BCUT2D eigenvalue weighted by Crippen LogP contribution is 2.24. The van der Waals surface area contributed by atoms with Crippen LogP contribution in [-0.4, -0.2) is 4.43 Å². The zero-order chi connectivity index (χ0) is 9.80. The van der Waals surface area contributed by atoms with Crippen LogP contribution < -0.4 is 0 Å². The molecule has 1 atom stereocenters. The van der Waals surface area contributed by atoms with E-state index in [4.69, 9.17) is 0 Å². The first-order chi connectivity index (χ1) is 6.90. The fourth-order valence-electron chi connectivity index (χ4n) is 1.62. The number of hydrogen-bond donors (Lipinski definition) is 0. The van der Waals surface area contributed by atoms with Gasteiger partial charge in [0.05, 0.1) is 0 Å². The zero-order valence-corrected chi connectivity index (χ0v) is 10.1. The molecule has 0 saturated carbocycles. The summed E-state index contributed by atoms with van der Waals surface area (Å²) in [5, 5.41) is 0. The van der Waals surface area contributed by atoms with Crippen LogP contribution in [0.3, 0.4) is 0 Å². The van der Waals surface area contributed by atoms with Crippen molar-refractivity contribution in [2.75, 3.05) is 4.43 Å². The average Bonchev–Trinajstić information content (AvgIpc) is 2.30. The van der Waals surface area contributed by atoms with Crippen LogP contribution in [0.15, 0.2) is 48.6 Å². The van der Waals surface area contributed by atoms with Gasteiger partial charge >= 0.3 is 0 Å². The van der Waals surface area contributed by atoms with E-state index >= 15 is 0 Å². The van der Waals surface area contributed by atoms with E-state index in [1.54, 1.807) is 0 Å². The Balaban J connectivity index is 2.16. The van der Waals surface area contributed by atoms with Gasteiger partial charge in [-0.1, -0.05) is 71.2 Å². The van der Waals surface area contributed by atoms with E-state index in [1.807, 2.05) is 0 Å². The highest BCUT2D eigenvalue weighted by Gasteiger charge is 2.07. The van der Waals surface area contributed by atoms with Gasteiger partial charge < -0.3 is 0 Å². The fourth-order valence-corrected chi connectivity index (χ4v) is 2.28. The molecule has 0 aliphatic heterocycles. The Morgan fingerprint density at radius 2 is 2.00 bits per heavy atom. The molecule has 1 unspecified atom stereocenters. The van der Waals surface area contributed by atoms with Crippen LogP contribution in [0.25, 0.3) is 5.57 Å². The maximum absolute atomic E-state index is 2.45. The van der Waals surface area contributed by atoms with Crippen LogP contribution in [0, 0.1) is 5.92 Å². The van der Waals surface area contributed by atoms with Crippen LogP contribution in [0.4, 0.5) is 0 Å². The number of allylic oxidation sites excluding steroid dienone is 4. The zero-order valence-electron chi connectivity index (χ0n) is 7.99. The van der Waals surface area contributed by atoms with Crippen molar-refractivity contribution in [3.8, 4) is 0 Å². The van der Waals surface area contributed by atoms with Gasteiger partial charge in [-0.2, -0.15) is 0 Å². The highest BCUT2D eigenvalue weighted by molar-refractivity contribution is 14.1. The van der Waals surface area contributed by atoms with Gasteiger partial charge in [0.25, 0.3) is 0 Å². The SMILES string of the molecule is ICC1C=CC(c2ccccc2)=CC1. The number of rotatable bonds is 2. The van der Waals surface area contributed by atoms with E-state index in [2.05, 4.69) is 71.2 Å². The number of benzene rings is 1. The quantitative estimate of drug-likeness (QED) is 0.570. The molecule has 0 spiro atoms. The molecule has 1 aromatic rings. The number of hydrogen-bond acceptors (Lipinski definition) is 0. The van der Waals surface area contributed by atoms with Crippen LogP contribution >= 0.6 is 22.6 Å². The van der Waals surface area contributed by atoms with Crippen molar-refractivity contribution in [1.82, 2.24) is 0 Å². The van der Waals surface area contributed by atoms with Gasteiger partial charge in [0.2, 0.25) is 0 Å². The molecule has 1 aromatic carbocycles. The van der Waals surface area contributed by atoms with Crippen LogP contribution in [-0.2, 0) is 0 Å². The van der Waals surface area contributed by atoms with Crippen molar-refractivity contribution in [2.45, 2.75) is 6.42 Å². The maximum Gasteiger partial charge on any atom is 0.00614 e. The van der Waals surface area contributed by atoms with E-state index in [-0.39, 0.29) is 0 Å². The minimum Gasteiger partial charge on any atom is -0.0857 e. The highest BCUT2D eigenvalue weighted by atomic mass is 127. The van der Waals surface area contributed by atoms with E-state index in [0.717, 1.165) is 5.92 Å². The summed E-state index contributed by atoms with van der Waals surface area (Å²) in [6.07, 6.45) is 8.11. The van der Waals surface area contributed by atoms with E-state index in [0.29, 0.717) is 0 Å². The summed E-state index contributed by atoms with van der Waals surface area (Å²) in [6.45, 7) is 0. The molecule has 1 aliphatic rings. The van der Waals surface area contributed by atoms with Crippen molar-refractivity contribution in [2.24, 2.45) is 5.92 Å². The molecule has 1 heteroatoms. The minimum atomic E-state index is 0.739. The number of halogens is 1. The molecule has 1 aliphatic carbocycles. The lowest BCUT2D eigenvalue weighted by molar-refractivity contribution is 0.763. The van der Waals surface area contributed by atoms with E-state index < -0.39 is 0 Å². The summed E-state index contributed by atoms with van der Waals surface area (Å²) < 4.78 is 1.22. The molecule has 0 radical (unpaired) electrons.